The number of hydrogen-bond acceptors (Lipinski definition) is 11. The van der Waals surface area contributed by atoms with E-state index in [4.69, 9.17) is 18.9 Å². The van der Waals surface area contributed by atoms with E-state index in [2.05, 4.69) is 15.0 Å². The van der Waals surface area contributed by atoms with Crippen molar-refractivity contribution in [3.8, 4) is 16.9 Å². The summed E-state index contributed by atoms with van der Waals surface area (Å²) in [6.07, 6.45) is 2.51. The first-order valence-electron chi connectivity index (χ1n) is 9.45. The minimum atomic E-state index is -1.18. The van der Waals surface area contributed by atoms with Crippen LogP contribution in [-0.4, -0.2) is 62.4 Å². The molecule has 3 rings (SSSR count). The van der Waals surface area contributed by atoms with Crippen LogP contribution in [0.15, 0.2) is 31.0 Å². The van der Waals surface area contributed by atoms with Gasteiger partial charge in [-0.05, 0) is 6.07 Å². The number of aromatic nitrogens is 3. The highest BCUT2D eigenvalue weighted by Gasteiger charge is 2.48. The van der Waals surface area contributed by atoms with Crippen molar-refractivity contribution in [2.24, 2.45) is 0 Å². The predicted molar refractivity (Wildman–Crippen MR) is 109 cm³/mol. The number of halogens is 1. The van der Waals surface area contributed by atoms with Gasteiger partial charge in [0.25, 0.3) is 5.95 Å². The number of carbonyl (C=O) groups is 3. The van der Waals surface area contributed by atoms with Crippen LogP contribution >= 0.6 is 11.8 Å². The Kier molecular flexibility index (Phi) is 7.57. The minimum absolute atomic E-state index is 0.154. The monoisotopic (exact) mass is 465 g/mol. The standard InChI is InChI=1S/C20H20FN3O7S/c1-10(25)28-16-8-32-20(18(30-12(3)27)17(16)29-11(2)26)31-15-4-13(7-24-19(15)21)14-5-22-9-23-6-14/h4-7,9,16-18,20H,8H2,1-3H3/t16-,17+,18-,20-/m1/s1. The molecule has 1 saturated heterocycles. The van der Waals surface area contributed by atoms with E-state index >= 15 is 0 Å². The van der Waals surface area contributed by atoms with Crippen LogP contribution in [0.2, 0.25) is 0 Å². The van der Waals surface area contributed by atoms with E-state index in [1.807, 2.05) is 0 Å². The molecule has 1 fully saturated rings. The molecule has 0 saturated carbocycles. The average Bonchev–Trinajstić information content (AvgIpc) is 2.73. The Morgan fingerprint density at radius 3 is 2.19 bits per heavy atom. The number of thioether (sulfide) groups is 1. The summed E-state index contributed by atoms with van der Waals surface area (Å²) in [7, 11) is 0. The smallest absolute Gasteiger partial charge is 0.303 e. The van der Waals surface area contributed by atoms with Crippen molar-refractivity contribution in [3.05, 3.63) is 36.9 Å². The van der Waals surface area contributed by atoms with Crippen molar-refractivity contribution in [1.82, 2.24) is 15.0 Å². The van der Waals surface area contributed by atoms with E-state index < -0.39 is 47.6 Å². The fourth-order valence-electron chi connectivity index (χ4n) is 3.05. The van der Waals surface area contributed by atoms with Crippen LogP contribution in [-0.2, 0) is 28.6 Å². The molecule has 10 nitrogen and oxygen atoms in total. The van der Waals surface area contributed by atoms with E-state index in [-0.39, 0.29) is 11.5 Å². The average molecular weight is 465 g/mol. The molecule has 0 unspecified atom stereocenters. The lowest BCUT2D eigenvalue weighted by molar-refractivity contribution is -0.186. The molecule has 0 spiro atoms. The summed E-state index contributed by atoms with van der Waals surface area (Å²) in [4.78, 5) is 46.4. The molecule has 1 aliphatic heterocycles. The Bertz CT molecular complexity index is 994. The van der Waals surface area contributed by atoms with E-state index in [0.29, 0.717) is 11.1 Å². The first kappa shape index (κ1) is 23.4. The maximum Gasteiger partial charge on any atom is 0.303 e. The Morgan fingerprint density at radius 1 is 0.938 bits per heavy atom. The highest BCUT2D eigenvalue weighted by atomic mass is 32.2. The van der Waals surface area contributed by atoms with Crippen molar-refractivity contribution < 1.29 is 37.7 Å². The molecule has 170 valence electrons. The van der Waals surface area contributed by atoms with Crippen LogP contribution in [0.1, 0.15) is 20.8 Å². The van der Waals surface area contributed by atoms with Crippen molar-refractivity contribution in [2.75, 3.05) is 5.75 Å². The zero-order valence-electron chi connectivity index (χ0n) is 17.4. The maximum atomic E-state index is 14.4. The molecular weight excluding hydrogens is 445 g/mol. The van der Waals surface area contributed by atoms with Gasteiger partial charge in [-0.3, -0.25) is 14.4 Å². The van der Waals surface area contributed by atoms with Gasteiger partial charge in [0.1, 0.15) is 6.33 Å². The molecular formula is C20H20FN3O7S. The van der Waals surface area contributed by atoms with Crippen molar-refractivity contribution in [1.29, 1.82) is 0 Å². The molecule has 3 heterocycles. The second-order valence-corrected chi connectivity index (χ2v) is 7.89. The second-order valence-electron chi connectivity index (χ2n) is 6.76. The largest absolute Gasteiger partial charge is 0.471 e. The van der Waals surface area contributed by atoms with Gasteiger partial charge in [0, 0.05) is 56.2 Å². The van der Waals surface area contributed by atoms with E-state index in [9.17, 15) is 18.8 Å². The van der Waals surface area contributed by atoms with Gasteiger partial charge in [0.2, 0.25) is 0 Å². The number of esters is 3. The third-order valence-corrected chi connectivity index (χ3v) is 5.46. The Labute approximate surface area is 186 Å². The Morgan fingerprint density at radius 2 is 1.56 bits per heavy atom. The van der Waals surface area contributed by atoms with E-state index in [0.717, 1.165) is 11.8 Å². The number of pyridine rings is 1. The van der Waals surface area contributed by atoms with Crippen LogP contribution < -0.4 is 4.74 Å². The number of rotatable bonds is 6. The highest BCUT2D eigenvalue weighted by molar-refractivity contribution is 7.99. The lowest BCUT2D eigenvalue weighted by Crippen LogP contribution is -2.55. The lowest BCUT2D eigenvalue weighted by Gasteiger charge is -2.39. The lowest BCUT2D eigenvalue weighted by atomic mass is 10.1. The van der Waals surface area contributed by atoms with Crippen LogP contribution in [0.5, 0.6) is 5.75 Å². The molecule has 0 radical (unpaired) electrons. The van der Waals surface area contributed by atoms with Crippen molar-refractivity contribution in [3.63, 3.8) is 0 Å². The maximum absolute atomic E-state index is 14.4. The molecule has 0 aliphatic carbocycles. The number of ether oxygens (including phenoxy) is 4. The zero-order valence-corrected chi connectivity index (χ0v) is 18.2. The Hall–Kier alpha value is -3.28. The molecule has 0 aromatic carbocycles. The van der Waals surface area contributed by atoms with Crippen LogP contribution in [0.3, 0.4) is 0 Å². The third-order valence-electron chi connectivity index (χ3n) is 4.25. The van der Waals surface area contributed by atoms with Gasteiger partial charge < -0.3 is 18.9 Å². The summed E-state index contributed by atoms with van der Waals surface area (Å²) in [5, 5.41) is 0. The van der Waals surface area contributed by atoms with Gasteiger partial charge in [-0.2, -0.15) is 4.39 Å². The molecule has 0 amide bonds. The van der Waals surface area contributed by atoms with Crippen molar-refractivity contribution >= 4 is 29.7 Å². The molecule has 2 aromatic rings. The molecule has 0 N–H and O–H groups in total. The molecule has 12 heteroatoms. The van der Waals surface area contributed by atoms with Crippen LogP contribution in [0.25, 0.3) is 11.1 Å². The van der Waals surface area contributed by atoms with Gasteiger partial charge >= 0.3 is 17.9 Å². The second kappa shape index (κ2) is 10.4. The summed E-state index contributed by atoms with van der Waals surface area (Å²) in [5.41, 5.74) is 0.111. The summed E-state index contributed by atoms with van der Waals surface area (Å²) < 4.78 is 36.1. The predicted octanol–water partition coefficient (Wildman–Crippen LogP) is 1.92. The SMILES string of the molecule is CC(=O)O[C@@H]1[C@@H](OC(C)=O)[C@H](OC(C)=O)CS[C@H]1Oc1cc(-c2cncnc2)cnc1F. The van der Waals surface area contributed by atoms with Crippen LogP contribution in [0, 0.1) is 5.95 Å². The normalized spacial score (nSPS) is 22.5. The highest BCUT2D eigenvalue weighted by Crippen LogP contribution is 2.35. The third kappa shape index (κ3) is 5.90. The van der Waals surface area contributed by atoms with Gasteiger partial charge in [-0.15, -0.1) is 11.8 Å². The summed E-state index contributed by atoms with van der Waals surface area (Å²) in [6, 6.07) is 1.41. The quantitative estimate of drug-likeness (QED) is 0.353. The molecule has 4 atom stereocenters. The fourth-order valence-corrected chi connectivity index (χ4v) is 4.26. The zero-order chi connectivity index (χ0) is 23.3. The van der Waals surface area contributed by atoms with E-state index in [1.165, 1.54) is 51.8 Å². The first-order valence-corrected chi connectivity index (χ1v) is 10.5. The number of carbonyl (C=O) groups excluding carboxylic acids is 3. The van der Waals surface area contributed by atoms with Gasteiger partial charge in [-0.25, -0.2) is 15.0 Å². The van der Waals surface area contributed by atoms with E-state index in [1.54, 1.807) is 0 Å². The minimum Gasteiger partial charge on any atom is -0.471 e. The molecule has 1 aliphatic rings. The van der Waals surface area contributed by atoms with Gasteiger partial charge in [0.05, 0.1) is 0 Å². The number of nitrogens with zero attached hydrogens (tertiary/aromatic N) is 3. The molecule has 32 heavy (non-hydrogen) atoms. The molecule has 0 bridgehead atoms. The van der Waals surface area contributed by atoms with Crippen LogP contribution in [0.4, 0.5) is 4.39 Å². The van der Waals surface area contributed by atoms with Gasteiger partial charge in [0.15, 0.2) is 29.5 Å². The summed E-state index contributed by atoms with van der Waals surface area (Å²) in [6.45, 7) is 3.54. The Balaban J connectivity index is 1.91. The molecule has 2 aromatic heterocycles. The first-order chi connectivity index (χ1) is 15.2. The summed E-state index contributed by atoms with van der Waals surface area (Å²) in [5.74, 6) is -2.90. The van der Waals surface area contributed by atoms with Crippen molar-refractivity contribution in [2.45, 2.75) is 44.5 Å². The van der Waals surface area contributed by atoms with Gasteiger partial charge in [-0.1, -0.05) is 0 Å². The summed E-state index contributed by atoms with van der Waals surface area (Å²) >= 11 is 1.11. The fraction of sp³-hybridized carbons (Fsp3) is 0.400. The number of hydrogen-bond donors (Lipinski definition) is 0. The topological polar surface area (TPSA) is 127 Å².